The number of benzene rings is 1. The van der Waals surface area contributed by atoms with Gasteiger partial charge >= 0.3 is 0 Å². The predicted molar refractivity (Wildman–Crippen MR) is 69.5 cm³/mol. The van der Waals surface area contributed by atoms with Gasteiger partial charge in [-0.15, -0.1) is 0 Å². The summed E-state index contributed by atoms with van der Waals surface area (Å²) in [6.45, 7) is 0. The van der Waals surface area contributed by atoms with Crippen LogP contribution in [0.25, 0.3) is 0 Å². The molecule has 1 fully saturated rings. The monoisotopic (exact) mass is 268 g/mol. The minimum Gasteiger partial charge on any atom is -0.369 e. The number of halogens is 2. The quantitative estimate of drug-likeness (QED) is 0.756. The highest BCUT2D eigenvalue weighted by atomic mass is 35.5. The van der Waals surface area contributed by atoms with Crippen LogP contribution in [0.3, 0.4) is 0 Å². The van der Waals surface area contributed by atoms with Gasteiger partial charge in [-0.25, -0.2) is 4.39 Å². The number of anilines is 2. The van der Waals surface area contributed by atoms with Crippen LogP contribution in [0, 0.1) is 5.82 Å². The van der Waals surface area contributed by atoms with E-state index >= 15 is 0 Å². The summed E-state index contributed by atoms with van der Waals surface area (Å²) in [6.07, 6.45) is 4.78. The Morgan fingerprint density at radius 2 is 1.89 bits per heavy atom. The van der Waals surface area contributed by atoms with E-state index in [0.717, 1.165) is 32.1 Å². The Hall–Kier alpha value is -1.29. The van der Waals surface area contributed by atoms with Gasteiger partial charge in [0.1, 0.15) is 11.4 Å². The fourth-order valence-corrected chi connectivity index (χ4v) is 2.98. The Morgan fingerprint density at radius 1 is 1.17 bits per heavy atom. The first kappa shape index (κ1) is 11.8. The van der Waals surface area contributed by atoms with Crippen molar-refractivity contribution >= 4 is 28.9 Å². The Morgan fingerprint density at radius 3 is 2.61 bits per heavy atom. The lowest BCUT2D eigenvalue weighted by Crippen LogP contribution is -2.53. The Kier molecular flexibility index (Phi) is 2.70. The molecule has 1 aromatic carbocycles. The molecule has 5 heteroatoms. The molecular formula is C13H14ClFN2O. The molecule has 1 aliphatic carbocycles. The van der Waals surface area contributed by atoms with E-state index in [1.807, 2.05) is 0 Å². The maximum absolute atomic E-state index is 13.5. The summed E-state index contributed by atoms with van der Waals surface area (Å²) >= 11 is 5.72. The molecule has 96 valence electrons. The van der Waals surface area contributed by atoms with E-state index in [4.69, 9.17) is 11.6 Å². The minimum absolute atomic E-state index is 0.0236. The molecule has 3 nitrogen and oxygen atoms in total. The molecule has 0 unspecified atom stereocenters. The van der Waals surface area contributed by atoms with E-state index in [-0.39, 0.29) is 10.9 Å². The summed E-state index contributed by atoms with van der Waals surface area (Å²) in [6, 6.07) is 2.81. The number of hydrogen-bond acceptors (Lipinski definition) is 2. The van der Waals surface area contributed by atoms with E-state index in [0.29, 0.717) is 11.4 Å². The zero-order valence-electron chi connectivity index (χ0n) is 9.85. The molecule has 0 atom stereocenters. The second-order valence-corrected chi connectivity index (χ2v) is 5.44. The Balaban J connectivity index is 2.00. The SMILES string of the molecule is O=C1Nc2cc(Cl)c(F)cc2NC12CCCCC2. The van der Waals surface area contributed by atoms with Crippen LogP contribution in [-0.4, -0.2) is 11.4 Å². The summed E-state index contributed by atoms with van der Waals surface area (Å²) in [5, 5.41) is 6.08. The molecule has 1 spiro atoms. The van der Waals surface area contributed by atoms with Gasteiger partial charge in [-0.2, -0.15) is 0 Å². The van der Waals surface area contributed by atoms with Crippen LogP contribution in [0.4, 0.5) is 15.8 Å². The molecule has 1 amide bonds. The van der Waals surface area contributed by atoms with Crippen LogP contribution in [0.1, 0.15) is 32.1 Å². The molecular weight excluding hydrogens is 255 g/mol. The molecule has 2 N–H and O–H groups in total. The largest absolute Gasteiger partial charge is 0.369 e. The standard InChI is InChI=1S/C13H14ClFN2O/c14-8-6-10-11(7-9(8)15)17-13(12(18)16-10)4-2-1-3-5-13/h6-7,17H,1-5H2,(H,16,18). The zero-order valence-corrected chi connectivity index (χ0v) is 10.6. The number of amides is 1. The van der Waals surface area contributed by atoms with Crippen LogP contribution in [0.5, 0.6) is 0 Å². The summed E-state index contributed by atoms with van der Waals surface area (Å²) in [5.41, 5.74) is 0.618. The fourth-order valence-electron chi connectivity index (χ4n) is 2.82. The van der Waals surface area contributed by atoms with Gasteiger partial charge in [0.2, 0.25) is 5.91 Å². The van der Waals surface area contributed by atoms with Crippen LogP contribution in [0.15, 0.2) is 12.1 Å². The molecule has 0 radical (unpaired) electrons. The van der Waals surface area contributed by atoms with Gasteiger partial charge in [0.25, 0.3) is 0 Å². The number of rotatable bonds is 0. The highest BCUT2D eigenvalue weighted by molar-refractivity contribution is 6.31. The lowest BCUT2D eigenvalue weighted by atomic mass is 9.79. The van der Waals surface area contributed by atoms with Gasteiger partial charge in [0.05, 0.1) is 16.4 Å². The summed E-state index contributed by atoms with van der Waals surface area (Å²) in [7, 11) is 0. The van der Waals surface area contributed by atoms with E-state index in [2.05, 4.69) is 10.6 Å². The van der Waals surface area contributed by atoms with Crippen molar-refractivity contribution in [1.82, 2.24) is 0 Å². The van der Waals surface area contributed by atoms with Crippen molar-refractivity contribution in [2.45, 2.75) is 37.6 Å². The number of carbonyl (C=O) groups is 1. The topological polar surface area (TPSA) is 41.1 Å². The van der Waals surface area contributed by atoms with Gasteiger partial charge in [-0.05, 0) is 18.9 Å². The fraction of sp³-hybridized carbons (Fsp3) is 0.462. The van der Waals surface area contributed by atoms with Crippen molar-refractivity contribution in [3.63, 3.8) is 0 Å². The van der Waals surface area contributed by atoms with E-state index in [1.165, 1.54) is 12.1 Å². The third kappa shape index (κ3) is 1.75. The van der Waals surface area contributed by atoms with E-state index in [9.17, 15) is 9.18 Å². The lowest BCUT2D eigenvalue weighted by Gasteiger charge is -2.41. The van der Waals surface area contributed by atoms with E-state index in [1.54, 1.807) is 0 Å². The molecule has 0 saturated heterocycles. The molecule has 18 heavy (non-hydrogen) atoms. The van der Waals surface area contributed by atoms with Gasteiger partial charge < -0.3 is 10.6 Å². The van der Waals surface area contributed by atoms with Gasteiger partial charge in [0.15, 0.2) is 0 Å². The van der Waals surface area contributed by atoms with Crippen molar-refractivity contribution in [2.24, 2.45) is 0 Å². The molecule has 1 aromatic rings. The predicted octanol–water partition coefficient (Wildman–Crippen LogP) is 3.55. The van der Waals surface area contributed by atoms with Crippen molar-refractivity contribution < 1.29 is 9.18 Å². The van der Waals surface area contributed by atoms with Gasteiger partial charge in [-0.3, -0.25) is 4.79 Å². The van der Waals surface area contributed by atoms with Crippen molar-refractivity contribution in [1.29, 1.82) is 0 Å². The summed E-state index contributed by atoms with van der Waals surface area (Å²) in [4.78, 5) is 12.2. The molecule has 3 rings (SSSR count). The maximum Gasteiger partial charge on any atom is 0.250 e. The molecule has 2 aliphatic rings. The maximum atomic E-state index is 13.5. The number of fused-ring (bicyclic) bond motifs is 1. The molecule has 1 heterocycles. The van der Waals surface area contributed by atoms with Crippen LogP contribution in [-0.2, 0) is 4.79 Å². The van der Waals surface area contributed by atoms with Crippen LogP contribution >= 0.6 is 11.6 Å². The van der Waals surface area contributed by atoms with Crippen molar-refractivity contribution in [3.05, 3.63) is 23.0 Å². The Bertz CT molecular complexity index is 512. The molecule has 0 aromatic heterocycles. The first-order valence-corrected chi connectivity index (χ1v) is 6.57. The number of carbonyl (C=O) groups excluding carboxylic acids is 1. The Labute approximate surface area is 110 Å². The highest BCUT2D eigenvalue weighted by Gasteiger charge is 2.42. The van der Waals surface area contributed by atoms with Crippen LogP contribution < -0.4 is 10.6 Å². The third-order valence-corrected chi connectivity index (χ3v) is 4.11. The summed E-state index contributed by atoms with van der Waals surface area (Å²) in [5.74, 6) is -0.498. The lowest BCUT2D eigenvalue weighted by molar-refractivity contribution is -0.121. The van der Waals surface area contributed by atoms with Crippen LogP contribution in [0.2, 0.25) is 5.02 Å². The molecule has 1 saturated carbocycles. The van der Waals surface area contributed by atoms with Crippen molar-refractivity contribution in [3.8, 4) is 0 Å². The molecule has 0 bridgehead atoms. The van der Waals surface area contributed by atoms with Gasteiger partial charge in [-0.1, -0.05) is 30.9 Å². The summed E-state index contributed by atoms with van der Waals surface area (Å²) < 4.78 is 13.5. The minimum atomic E-state index is -0.564. The average Bonchev–Trinajstić information content (AvgIpc) is 2.35. The van der Waals surface area contributed by atoms with Gasteiger partial charge in [0, 0.05) is 6.07 Å². The normalized spacial score (nSPS) is 21.1. The third-order valence-electron chi connectivity index (χ3n) is 3.82. The second kappa shape index (κ2) is 4.12. The van der Waals surface area contributed by atoms with Crippen molar-refractivity contribution in [2.75, 3.05) is 10.6 Å². The number of hydrogen-bond donors (Lipinski definition) is 2. The van der Waals surface area contributed by atoms with E-state index < -0.39 is 11.4 Å². The smallest absolute Gasteiger partial charge is 0.250 e. The number of nitrogens with one attached hydrogen (secondary N) is 2. The first-order valence-electron chi connectivity index (χ1n) is 6.19. The molecule has 1 aliphatic heterocycles. The first-order chi connectivity index (χ1) is 8.61. The second-order valence-electron chi connectivity index (χ2n) is 5.03. The zero-order chi connectivity index (χ0) is 12.8. The average molecular weight is 269 g/mol. The highest BCUT2D eigenvalue weighted by Crippen LogP contribution is 2.40.